The molecule has 0 saturated carbocycles. The summed E-state index contributed by atoms with van der Waals surface area (Å²) in [6.07, 6.45) is -1.73. The first-order chi connectivity index (χ1) is 10.8. The summed E-state index contributed by atoms with van der Waals surface area (Å²) in [5, 5.41) is 7.17. The van der Waals surface area contributed by atoms with E-state index in [1.807, 2.05) is 20.0 Å². The maximum atomic E-state index is 12.2. The monoisotopic (exact) mass is 479 g/mol. The SMILES string of the molecule is CCNC(=NCc1ncc(C)s1)NCCCN(C)CC(F)(F)F.I. The largest absolute Gasteiger partial charge is 0.401 e. The van der Waals surface area contributed by atoms with Gasteiger partial charge < -0.3 is 10.6 Å². The zero-order valence-corrected chi connectivity index (χ0v) is 17.3. The van der Waals surface area contributed by atoms with Gasteiger partial charge in [0.25, 0.3) is 0 Å². The molecule has 0 amide bonds. The molecule has 5 nitrogen and oxygen atoms in total. The fourth-order valence-electron chi connectivity index (χ4n) is 1.90. The predicted octanol–water partition coefficient (Wildman–Crippen LogP) is 3.01. The number of hydrogen-bond acceptors (Lipinski definition) is 4. The molecule has 0 spiro atoms. The molecule has 0 radical (unpaired) electrons. The highest BCUT2D eigenvalue weighted by atomic mass is 127. The number of hydrogen-bond donors (Lipinski definition) is 2. The van der Waals surface area contributed by atoms with Gasteiger partial charge in [0.15, 0.2) is 5.96 Å². The van der Waals surface area contributed by atoms with E-state index in [1.54, 1.807) is 11.3 Å². The third-order valence-corrected chi connectivity index (χ3v) is 3.74. The second-order valence-corrected chi connectivity index (χ2v) is 6.51. The molecule has 1 rings (SSSR count). The molecule has 0 fully saturated rings. The van der Waals surface area contributed by atoms with Crippen molar-refractivity contribution in [2.24, 2.45) is 4.99 Å². The molecular weight excluding hydrogens is 454 g/mol. The molecule has 0 atom stereocenters. The average molecular weight is 479 g/mol. The van der Waals surface area contributed by atoms with Gasteiger partial charge in [0, 0.05) is 24.2 Å². The Hall–Kier alpha value is -0.620. The first-order valence-corrected chi connectivity index (χ1v) is 8.30. The second-order valence-electron chi connectivity index (χ2n) is 5.19. The molecule has 0 saturated heterocycles. The summed E-state index contributed by atoms with van der Waals surface area (Å²) < 4.78 is 36.6. The van der Waals surface area contributed by atoms with Gasteiger partial charge in [-0.1, -0.05) is 0 Å². The molecule has 0 aliphatic carbocycles. The first kappa shape index (κ1) is 23.4. The van der Waals surface area contributed by atoms with Crippen LogP contribution in [0.3, 0.4) is 0 Å². The summed E-state index contributed by atoms with van der Waals surface area (Å²) in [5.74, 6) is 0.652. The van der Waals surface area contributed by atoms with Gasteiger partial charge in [-0.25, -0.2) is 9.98 Å². The summed E-state index contributed by atoms with van der Waals surface area (Å²) in [7, 11) is 1.47. The summed E-state index contributed by atoms with van der Waals surface area (Å²) in [4.78, 5) is 11.1. The maximum Gasteiger partial charge on any atom is 0.401 e. The van der Waals surface area contributed by atoms with Crippen molar-refractivity contribution >= 4 is 41.3 Å². The van der Waals surface area contributed by atoms with E-state index in [2.05, 4.69) is 20.6 Å². The molecule has 0 bridgehead atoms. The van der Waals surface area contributed by atoms with Crippen LogP contribution in [0.4, 0.5) is 13.2 Å². The minimum Gasteiger partial charge on any atom is -0.357 e. The Bertz CT molecular complexity index is 493. The summed E-state index contributed by atoms with van der Waals surface area (Å²) >= 11 is 1.60. The van der Waals surface area contributed by atoms with Crippen LogP contribution in [-0.2, 0) is 6.54 Å². The van der Waals surface area contributed by atoms with Crippen molar-refractivity contribution in [2.45, 2.75) is 33.0 Å². The molecule has 1 aromatic rings. The molecule has 0 aliphatic heterocycles. The quantitative estimate of drug-likeness (QED) is 0.261. The van der Waals surface area contributed by atoms with Crippen LogP contribution >= 0.6 is 35.3 Å². The Labute approximate surface area is 162 Å². The second kappa shape index (κ2) is 11.9. The minimum absolute atomic E-state index is 0. The van der Waals surface area contributed by atoms with Gasteiger partial charge in [-0.15, -0.1) is 35.3 Å². The summed E-state index contributed by atoms with van der Waals surface area (Å²) in [5.41, 5.74) is 0. The van der Waals surface area contributed by atoms with Crippen LogP contribution in [0.2, 0.25) is 0 Å². The number of halogens is 4. The zero-order valence-electron chi connectivity index (χ0n) is 14.1. The first-order valence-electron chi connectivity index (χ1n) is 7.49. The van der Waals surface area contributed by atoms with Gasteiger partial charge in [0.05, 0.1) is 13.1 Å². The maximum absolute atomic E-state index is 12.2. The number of rotatable bonds is 8. The number of nitrogens with zero attached hydrogens (tertiary/aromatic N) is 3. The molecule has 24 heavy (non-hydrogen) atoms. The molecule has 1 heterocycles. The molecule has 0 aromatic carbocycles. The number of aliphatic imine (C=N–C) groups is 1. The van der Waals surface area contributed by atoms with Crippen LogP contribution in [0.1, 0.15) is 23.2 Å². The fourth-order valence-corrected chi connectivity index (χ4v) is 2.62. The number of thiazole rings is 1. The summed E-state index contributed by atoms with van der Waals surface area (Å²) in [6.45, 7) is 5.21. The average Bonchev–Trinajstić information content (AvgIpc) is 2.84. The van der Waals surface area contributed by atoms with Crippen molar-refractivity contribution in [1.82, 2.24) is 20.5 Å². The Balaban J connectivity index is 0.00000529. The van der Waals surface area contributed by atoms with Gasteiger partial charge in [-0.2, -0.15) is 13.2 Å². The Morgan fingerprint density at radius 2 is 2.08 bits per heavy atom. The molecule has 0 unspecified atom stereocenters. The van der Waals surface area contributed by atoms with Crippen LogP contribution < -0.4 is 10.6 Å². The van der Waals surface area contributed by atoms with Crippen LogP contribution in [0.15, 0.2) is 11.2 Å². The lowest BCUT2D eigenvalue weighted by Crippen LogP contribution is -2.39. The number of aryl methyl sites for hydroxylation is 1. The highest BCUT2D eigenvalue weighted by molar-refractivity contribution is 14.0. The fraction of sp³-hybridized carbons (Fsp3) is 0.714. The smallest absolute Gasteiger partial charge is 0.357 e. The summed E-state index contributed by atoms with van der Waals surface area (Å²) in [6, 6.07) is 0. The van der Waals surface area contributed by atoms with E-state index < -0.39 is 12.7 Å². The van der Waals surface area contributed by atoms with Crippen molar-refractivity contribution < 1.29 is 13.2 Å². The third kappa shape index (κ3) is 11.0. The van der Waals surface area contributed by atoms with Gasteiger partial charge in [-0.05, 0) is 33.9 Å². The van der Waals surface area contributed by atoms with Gasteiger partial charge in [0.2, 0.25) is 0 Å². The van der Waals surface area contributed by atoms with Crippen LogP contribution in [-0.4, -0.2) is 55.2 Å². The molecular formula is C14H25F3IN5S. The topological polar surface area (TPSA) is 52.6 Å². The van der Waals surface area contributed by atoms with Crippen molar-refractivity contribution in [3.8, 4) is 0 Å². The Kier molecular flexibility index (Phi) is 11.5. The van der Waals surface area contributed by atoms with E-state index in [1.165, 1.54) is 11.9 Å². The third-order valence-electron chi connectivity index (χ3n) is 2.84. The zero-order chi connectivity index (χ0) is 17.3. The van der Waals surface area contributed by atoms with Crippen molar-refractivity contribution in [2.75, 3.05) is 33.2 Å². The lowest BCUT2D eigenvalue weighted by atomic mass is 10.4. The van der Waals surface area contributed by atoms with Crippen LogP contribution in [0.5, 0.6) is 0 Å². The van der Waals surface area contributed by atoms with Gasteiger partial charge >= 0.3 is 6.18 Å². The van der Waals surface area contributed by atoms with Crippen molar-refractivity contribution in [3.05, 3.63) is 16.1 Å². The van der Waals surface area contributed by atoms with Crippen molar-refractivity contribution in [3.63, 3.8) is 0 Å². The van der Waals surface area contributed by atoms with E-state index in [-0.39, 0.29) is 24.0 Å². The molecule has 10 heteroatoms. The van der Waals surface area contributed by atoms with E-state index in [4.69, 9.17) is 0 Å². The highest BCUT2D eigenvalue weighted by Crippen LogP contribution is 2.15. The lowest BCUT2D eigenvalue weighted by molar-refractivity contribution is -0.143. The Morgan fingerprint density at radius 1 is 1.38 bits per heavy atom. The van der Waals surface area contributed by atoms with Gasteiger partial charge in [-0.3, -0.25) is 4.90 Å². The van der Waals surface area contributed by atoms with E-state index in [9.17, 15) is 13.2 Å². The standard InChI is InChI=1S/C14H24F3N5S.HI/c1-4-18-13(21-9-12-20-8-11(2)23-12)19-6-5-7-22(3)10-14(15,16)17;/h8H,4-7,9-10H2,1-3H3,(H2,18,19,21);1H. The number of aromatic nitrogens is 1. The lowest BCUT2D eigenvalue weighted by Gasteiger charge is -2.18. The van der Waals surface area contributed by atoms with E-state index >= 15 is 0 Å². The normalized spacial score (nSPS) is 12.2. The molecule has 140 valence electrons. The van der Waals surface area contributed by atoms with E-state index in [0.29, 0.717) is 32.0 Å². The van der Waals surface area contributed by atoms with Gasteiger partial charge in [0.1, 0.15) is 5.01 Å². The highest BCUT2D eigenvalue weighted by Gasteiger charge is 2.28. The number of alkyl halides is 3. The molecule has 1 aromatic heterocycles. The van der Waals surface area contributed by atoms with E-state index in [0.717, 1.165) is 16.4 Å². The number of guanidine groups is 1. The number of nitrogens with one attached hydrogen (secondary N) is 2. The molecule has 2 N–H and O–H groups in total. The van der Waals surface area contributed by atoms with Crippen LogP contribution in [0, 0.1) is 6.92 Å². The van der Waals surface area contributed by atoms with Crippen molar-refractivity contribution in [1.29, 1.82) is 0 Å². The van der Waals surface area contributed by atoms with Crippen LogP contribution in [0.25, 0.3) is 0 Å². The predicted molar refractivity (Wildman–Crippen MR) is 103 cm³/mol. The Morgan fingerprint density at radius 3 is 2.62 bits per heavy atom. The minimum atomic E-state index is -4.15. The molecule has 0 aliphatic rings.